The summed E-state index contributed by atoms with van der Waals surface area (Å²) in [7, 11) is 2.00. The van der Waals surface area contributed by atoms with Gasteiger partial charge in [-0.2, -0.15) is 0 Å². The lowest BCUT2D eigenvalue weighted by Crippen LogP contribution is -2.45. The van der Waals surface area contributed by atoms with Gasteiger partial charge in [-0.15, -0.1) is 0 Å². The molecule has 1 aliphatic carbocycles. The Kier molecular flexibility index (Phi) is 3.34. The van der Waals surface area contributed by atoms with Crippen molar-refractivity contribution in [2.45, 2.75) is 18.9 Å². The molecule has 9 heteroatoms. The second-order valence-electron chi connectivity index (χ2n) is 6.46. The second-order valence-corrected chi connectivity index (χ2v) is 6.46. The molecular weight excluding hydrogens is 317 g/mol. The molecule has 0 aromatic carbocycles. The number of nitrogens with zero attached hydrogens (tertiary/aromatic N) is 5. The first-order chi connectivity index (χ1) is 11.5. The van der Waals surface area contributed by atoms with Crippen molar-refractivity contribution in [3.05, 3.63) is 32.7 Å². The van der Waals surface area contributed by atoms with Gasteiger partial charge in [0.25, 0.3) is 5.56 Å². The molecule has 2 fully saturated rings. The molecule has 1 aliphatic heterocycles. The van der Waals surface area contributed by atoms with Crippen molar-refractivity contribution < 1.29 is 9.60 Å². The van der Waals surface area contributed by atoms with Crippen molar-refractivity contribution in [1.29, 1.82) is 0 Å². The maximum absolute atomic E-state index is 14.5. The summed E-state index contributed by atoms with van der Waals surface area (Å²) < 4.78 is 15.9. The molecule has 1 saturated heterocycles. The summed E-state index contributed by atoms with van der Waals surface area (Å²) in [6.07, 6.45) is 1.55. The Labute approximate surface area is 136 Å². The van der Waals surface area contributed by atoms with E-state index in [2.05, 4.69) is 9.88 Å². The van der Waals surface area contributed by atoms with Gasteiger partial charge < -0.3 is 15.0 Å². The average molecular weight is 335 g/mol. The summed E-state index contributed by atoms with van der Waals surface area (Å²) in [6.45, 7) is 2.81. The minimum atomic E-state index is -0.941. The van der Waals surface area contributed by atoms with Gasteiger partial charge in [0.05, 0.1) is 5.39 Å². The highest BCUT2D eigenvalue weighted by atomic mass is 19.1. The molecule has 8 nitrogen and oxygen atoms in total. The first-order valence-corrected chi connectivity index (χ1v) is 7.98. The van der Waals surface area contributed by atoms with E-state index in [1.165, 1.54) is 4.57 Å². The van der Waals surface area contributed by atoms with Crippen molar-refractivity contribution in [3.63, 3.8) is 0 Å². The Morgan fingerprint density at radius 1 is 1.21 bits per heavy atom. The number of piperazine rings is 1. The van der Waals surface area contributed by atoms with Crippen LogP contribution in [0.1, 0.15) is 18.9 Å². The average Bonchev–Trinajstić information content (AvgIpc) is 3.39. The first kappa shape index (κ1) is 15.1. The van der Waals surface area contributed by atoms with Crippen LogP contribution in [0.4, 0.5) is 10.2 Å². The molecule has 3 heterocycles. The molecule has 2 aromatic heterocycles. The van der Waals surface area contributed by atoms with Crippen LogP contribution in [-0.2, 0) is 0 Å². The van der Waals surface area contributed by atoms with Gasteiger partial charge in [0.2, 0.25) is 0 Å². The molecule has 0 radical (unpaired) electrons. The summed E-state index contributed by atoms with van der Waals surface area (Å²) in [4.78, 5) is 32.6. The molecule has 128 valence electrons. The van der Waals surface area contributed by atoms with E-state index in [0.29, 0.717) is 13.1 Å². The number of fused-ring (bicyclic) bond motifs is 1. The number of pyridine rings is 1. The Bertz CT molecular complexity index is 925. The molecule has 0 unspecified atom stereocenters. The number of aromatic nitrogens is 3. The second kappa shape index (κ2) is 5.30. The summed E-state index contributed by atoms with van der Waals surface area (Å²) >= 11 is 0. The van der Waals surface area contributed by atoms with E-state index in [9.17, 15) is 19.2 Å². The monoisotopic (exact) mass is 335 g/mol. The molecule has 2 aliphatic rings. The van der Waals surface area contributed by atoms with Crippen molar-refractivity contribution >= 4 is 16.9 Å². The van der Waals surface area contributed by atoms with Crippen LogP contribution >= 0.6 is 0 Å². The van der Waals surface area contributed by atoms with E-state index in [0.717, 1.165) is 32.0 Å². The minimum Gasteiger partial charge on any atom is -0.421 e. The zero-order valence-corrected chi connectivity index (χ0v) is 13.3. The van der Waals surface area contributed by atoms with Gasteiger partial charge in [-0.3, -0.25) is 9.36 Å². The highest BCUT2D eigenvalue weighted by Crippen LogP contribution is 2.35. The lowest BCUT2D eigenvalue weighted by atomic mass is 10.2. The third-order valence-electron chi connectivity index (χ3n) is 4.69. The summed E-state index contributed by atoms with van der Waals surface area (Å²) in [5, 5.41) is 9.62. The first-order valence-electron chi connectivity index (χ1n) is 7.98. The quantitative estimate of drug-likeness (QED) is 0.779. The predicted molar refractivity (Wildman–Crippen MR) is 85.4 cm³/mol. The van der Waals surface area contributed by atoms with Gasteiger partial charge in [-0.05, 0) is 26.0 Å². The highest BCUT2D eigenvalue weighted by molar-refractivity contribution is 5.76. The van der Waals surface area contributed by atoms with E-state index >= 15 is 0 Å². The maximum Gasteiger partial charge on any atom is 0.366 e. The Hall–Kier alpha value is -2.42. The van der Waals surface area contributed by atoms with Gasteiger partial charge in [0.1, 0.15) is 0 Å². The number of anilines is 1. The lowest BCUT2D eigenvalue weighted by molar-refractivity contribution is 0.157. The fourth-order valence-corrected chi connectivity index (χ4v) is 3.11. The zero-order valence-electron chi connectivity index (χ0n) is 13.3. The van der Waals surface area contributed by atoms with E-state index < -0.39 is 17.1 Å². The van der Waals surface area contributed by atoms with Crippen LogP contribution in [0.5, 0.6) is 0 Å². The molecule has 4 rings (SSSR count). The molecule has 2 aromatic rings. The maximum atomic E-state index is 14.5. The Morgan fingerprint density at radius 3 is 2.50 bits per heavy atom. The number of halogens is 1. The molecule has 24 heavy (non-hydrogen) atoms. The van der Waals surface area contributed by atoms with Gasteiger partial charge in [0.15, 0.2) is 17.3 Å². The molecular formula is C15H18FN5O3. The SMILES string of the molecule is CN1CCN(c2nc3c(cc2F)c(=O)n(O)c(=O)n3C2CC2)CC1. The smallest absolute Gasteiger partial charge is 0.366 e. The lowest BCUT2D eigenvalue weighted by Gasteiger charge is -2.33. The molecule has 1 N–H and O–H groups in total. The van der Waals surface area contributed by atoms with E-state index in [1.54, 1.807) is 0 Å². The number of hydrogen-bond donors (Lipinski definition) is 1. The van der Waals surface area contributed by atoms with Gasteiger partial charge in [0, 0.05) is 32.2 Å². The minimum absolute atomic E-state index is 0.0390. The largest absolute Gasteiger partial charge is 0.421 e. The third-order valence-corrected chi connectivity index (χ3v) is 4.69. The van der Waals surface area contributed by atoms with Crippen molar-refractivity contribution in [2.24, 2.45) is 0 Å². The van der Waals surface area contributed by atoms with Crippen molar-refractivity contribution in [1.82, 2.24) is 19.2 Å². The van der Waals surface area contributed by atoms with E-state index in [-0.39, 0.29) is 27.6 Å². The van der Waals surface area contributed by atoms with Gasteiger partial charge in [-0.1, -0.05) is 4.73 Å². The molecule has 0 spiro atoms. The molecule has 1 saturated carbocycles. The van der Waals surface area contributed by atoms with Gasteiger partial charge in [-0.25, -0.2) is 14.2 Å². The van der Waals surface area contributed by atoms with E-state index in [4.69, 9.17) is 0 Å². The summed E-state index contributed by atoms with van der Waals surface area (Å²) in [5.41, 5.74) is -1.62. The number of likely N-dealkylation sites (N-methyl/N-ethyl adjacent to an activating group) is 1. The summed E-state index contributed by atoms with van der Waals surface area (Å²) in [6, 6.07) is 0.973. The number of rotatable bonds is 2. The van der Waals surface area contributed by atoms with Crippen LogP contribution in [-0.4, -0.2) is 57.6 Å². The van der Waals surface area contributed by atoms with Crippen molar-refractivity contribution in [2.75, 3.05) is 38.1 Å². The van der Waals surface area contributed by atoms with Crippen LogP contribution in [0.2, 0.25) is 0 Å². The van der Waals surface area contributed by atoms with Crippen LogP contribution in [0.15, 0.2) is 15.7 Å². The normalized spacial score (nSPS) is 19.2. The molecule has 0 atom stereocenters. The molecule has 0 amide bonds. The fraction of sp³-hybridized carbons (Fsp3) is 0.533. The highest BCUT2D eigenvalue weighted by Gasteiger charge is 2.30. The number of hydrogen-bond acceptors (Lipinski definition) is 6. The predicted octanol–water partition coefficient (Wildman–Crippen LogP) is 0.0213. The van der Waals surface area contributed by atoms with Crippen LogP contribution in [0.3, 0.4) is 0 Å². The van der Waals surface area contributed by atoms with Crippen LogP contribution in [0, 0.1) is 5.82 Å². The van der Waals surface area contributed by atoms with Crippen LogP contribution < -0.4 is 16.1 Å². The third kappa shape index (κ3) is 2.27. The van der Waals surface area contributed by atoms with Crippen LogP contribution in [0.25, 0.3) is 11.0 Å². The topological polar surface area (TPSA) is 83.6 Å². The molecule has 0 bridgehead atoms. The fourth-order valence-electron chi connectivity index (χ4n) is 3.11. The van der Waals surface area contributed by atoms with E-state index in [1.807, 2.05) is 11.9 Å². The Balaban J connectivity index is 1.93. The zero-order chi connectivity index (χ0) is 17.0. The standard InChI is InChI=1S/C15H18FN5O3/c1-18-4-6-19(7-5-18)13-11(16)8-10-12(17-13)20(9-2-3-9)15(23)21(24)14(10)22/h8-9,24H,2-7H2,1H3. The van der Waals surface area contributed by atoms with Gasteiger partial charge >= 0.3 is 5.69 Å². The van der Waals surface area contributed by atoms with Crippen molar-refractivity contribution in [3.8, 4) is 0 Å². The summed E-state index contributed by atoms with van der Waals surface area (Å²) in [5.74, 6) is -0.468. The Morgan fingerprint density at radius 2 is 1.88 bits per heavy atom.